The Balaban J connectivity index is 1.47. The van der Waals surface area contributed by atoms with Crippen molar-refractivity contribution in [3.8, 4) is 11.5 Å². The Hall–Kier alpha value is -4.06. The Labute approximate surface area is 249 Å². The van der Waals surface area contributed by atoms with Crippen LogP contribution in [-0.4, -0.2) is 20.4 Å². The van der Waals surface area contributed by atoms with Gasteiger partial charge in [-0.15, -0.1) is 0 Å². The molecule has 42 heavy (non-hydrogen) atoms. The predicted molar refractivity (Wildman–Crippen MR) is 152 cm³/mol. The van der Waals surface area contributed by atoms with Gasteiger partial charge in [0, 0.05) is 16.3 Å². The van der Waals surface area contributed by atoms with Crippen LogP contribution in [0, 0.1) is 13.8 Å². The number of carbonyl (C=O) groups excluding carboxylic acids is 2. The van der Waals surface area contributed by atoms with E-state index in [4.69, 9.17) is 27.9 Å². The number of alkyl halides is 3. The number of urea groups is 1. The average Bonchev–Trinajstić information content (AvgIpc) is 2.92. The lowest BCUT2D eigenvalue weighted by atomic mass is 10.1. The van der Waals surface area contributed by atoms with Crippen molar-refractivity contribution in [2.75, 3.05) is 5.32 Å². The van der Waals surface area contributed by atoms with Crippen molar-refractivity contribution in [1.82, 2.24) is 5.32 Å². The molecule has 4 aromatic carbocycles. The zero-order valence-corrected chi connectivity index (χ0v) is 24.2. The number of hydrogen-bond acceptors (Lipinski definition) is 5. The lowest BCUT2D eigenvalue weighted by Gasteiger charge is -2.16. The summed E-state index contributed by atoms with van der Waals surface area (Å²) < 4.78 is 72.0. The third kappa shape index (κ3) is 6.70. The summed E-state index contributed by atoms with van der Waals surface area (Å²) in [7, 11) is -3.95. The number of nitrogens with one attached hydrogen (secondary N) is 2. The SMILES string of the molecule is Cc1cc(Oc2ccc(NC(=O)NC(=O)c3ccccc3C(F)(F)F)cc2)c(C)c(Cl)c1S(=O)(=O)c1ccc(Cl)cc1. The molecule has 0 fully saturated rings. The van der Waals surface area contributed by atoms with Gasteiger partial charge < -0.3 is 10.1 Å². The summed E-state index contributed by atoms with van der Waals surface area (Å²) in [5, 5.41) is 4.61. The predicted octanol–water partition coefficient (Wildman–Crippen LogP) is 8.22. The van der Waals surface area contributed by atoms with Gasteiger partial charge in [-0.05, 0) is 86.1 Å². The Morgan fingerprint density at radius 3 is 2.12 bits per heavy atom. The van der Waals surface area contributed by atoms with Gasteiger partial charge in [-0.2, -0.15) is 13.2 Å². The van der Waals surface area contributed by atoms with Crippen molar-refractivity contribution in [1.29, 1.82) is 0 Å². The third-order valence-corrected chi connectivity index (χ3v) is 8.83. The van der Waals surface area contributed by atoms with E-state index in [0.29, 0.717) is 27.6 Å². The first kappa shape index (κ1) is 30.9. The summed E-state index contributed by atoms with van der Waals surface area (Å²) in [5.74, 6) is -0.618. The van der Waals surface area contributed by atoms with E-state index in [1.54, 1.807) is 13.8 Å². The van der Waals surface area contributed by atoms with Crippen LogP contribution in [0.4, 0.5) is 23.7 Å². The molecule has 0 spiro atoms. The summed E-state index contributed by atoms with van der Waals surface area (Å²) in [6.07, 6.45) is -4.77. The number of imide groups is 1. The Morgan fingerprint density at radius 1 is 0.881 bits per heavy atom. The second kappa shape index (κ2) is 12.0. The minimum Gasteiger partial charge on any atom is -0.457 e. The van der Waals surface area contributed by atoms with Crippen LogP contribution in [0.2, 0.25) is 10.0 Å². The molecule has 0 aliphatic carbocycles. The number of hydrogen-bond donors (Lipinski definition) is 2. The molecular weight excluding hydrogens is 616 g/mol. The van der Waals surface area contributed by atoms with Crippen molar-refractivity contribution in [2.45, 2.75) is 29.8 Å². The summed E-state index contributed by atoms with van der Waals surface area (Å²) in [6, 6.07) is 16.1. The average molecular weight is 637 g/mol. The van der Waals surface area contributed by atoms with Crippen molar-refractivity contribution in [2.24, 2.45) is 0 Å². The lowest BCUT2D eigenvalue weighted by Crippen LogP contribution is -2.35. The molecule has 3 amide bonds. The molecule has 0 unspecified atom stereocenters. The van der Waals surface area contributed by atoms with Crippen molar-refractivity contribution < 1.29 is 35.9 Å². The second-order valence-corrected chi connectivity index (χ2v) is 11.7. The molecule has 0 saturated carbocycles. The first-order valence-electron chi connectivity index (χ1n) is 12.1. The van der Waals surface area contributed by atoms with Crippen LogP contribution in [0.3, 0.4) is 0 Å². The minimum atomic E-state index is -4.77. The zero-order valence-electron chi connectivity index (χ0n) is 21.8. The van der Waals surface area contributed by atoms with E-state index in [1.807, 2.05) is 5.32 Å². The number of anilines is 1. The maximum atomic E-state index is 13.3. The zero-order chi connectivity index (χ0) is 30.8. The van der Waals surface area contributed by atoms with Gasteiger partial charge in [0.1, 0.15) is 11.5 Å². The van der Waals surface area contributed by atoms with Gasteiger partial charge in [0.2, 0.25) is 9.84 Å². The standard InChI is InChI=1S/C29H21Cl2F3N2O5S/c1-16-15-24(17(2)25(31)26(16)42(39,40)21-13-7-18(30)8-14-21)41-20-11-9-19(10-12-20)35-28(38)36-27(37)22-5-3-4-6-23(22)29(32,33)34/h3-15H,1-2H3,(H2,35,36,37,38). The molecule has 0 saturated heterocycles. The van der Waals surface area contributed by atoms with Crippen LogP contribution in [-0.2, 0) is 16.0 Å². The number of amides is 3. The fraction of sp³-hybridized carbons (Fsp3) is 0.103. The minimum absolute atomic E-state index is 0.00771. The van der Waals surface area contributed by atoms with Crippen molar-refractivity contribution in [3.63, 3.8) is 0 Å². The molecule has 4 aromatic rings. The van der Waals surface area contributed by atoms with Crippen LogP contribution in [0.1, 0.15) is 27.0 Å². The quantitative estimate of drug-likeness (QED) is 0.222. The highest BCUT2D eigenvalue weighted by Gasteiger charge is 2.35. The lowest BCUT2D eigenvalue weighted by molar-refractivity contribution is -0.137. The number of aryl methyl sites for hydroxylation is 1. The van der Waals surface area contributed by atoms with Gasteiger partial charge in [-0.25, -0.2) is 13.2 Å². The van der Waals surface area contributed by atoms with E-state index in [2.05, 4.69) is 5.32 Å². The molecule has 218 valence electrons. The van der Waals surface area contributed by atoms with Gasteiger partial charge in [-0.1, -0.05) is 35.3 Å². The molecule has 0 radical (unpaired) electrons. The van der Waals surface area contributed by atoms with Crippen LogP contribution < -0.4 is 15.4 Å². The Morgan fingerprint density at radius 2 is 1.50 bits per heavy atom. The van der Waals surface area contributed by atoms with Crippen LogP contribution in [0.25, 0.3) is 0 Å². The van der Waals surface area contributed by atoms with Crippen LogP contribution >= 0.6 is 23.2 Å². The number of sulfone groups is 1. The number of ether oxygens (including phenoxy) is 1. The van der Waals surface area contributed by atoms with Gasteiger partial charge in [0.15, 0.2) is 0 Å². The molecule has 0 heterocycles. The molecular formula is C29H21Cl2F3N2O5S. The summed E-state index contributed by atoms with van der Waals surface area (Å²) >= 11 is 12.4. The molecule has 0 aliphatic rings. The molecule has 13 heteroatoms. The fourth-order valence-electron chi connectivity index (χ4n) is 3.98. The van der Waals surface area contributed by atoms with Crippen LogP contribution in [0.5, 0.6) is 11.5 Å². The van der Waals surface area contributed by atoms with E-state index >= 15 is 0 Å². The first-order valence-corrected chi connectivity index (χ1v) is 14.3. The summed E-state index contributed by atoms with van der Waals surface area (Å²) in [6.45, 7) is 3.19. The van der Waals surface area contributed by atoms with E-state index in [1.165, 1.54) is 60.7 Å². The maximum absolute atomic E-state index is 13.3. The molecule has 0 atom stereocenters. The first-order chi connectivity index (χ1) is 19.7. The van der Waals surface area contributed by atoms with E-state index in [0.717, 1.165) is 18.2 Å². The van der Waals surface area contributed by atoms with E-state index in [-0.39, 0.29) is 20.5 Å². The highest BCUT2D eigenvalue weighted by molar-refractivity contribution is 7.91. The van der Waals surface area contributed by atoms with Gasteiger partial charge in [0.05, 0.1) is 25.9 Å². The summed E-state index contributed by atoms with van der Waals surface area (Å²) in [4.78, 5) is 24.5. The normalized spacial score (nSPS) is 11.6. The van der Waals surface area contributed by atoms with Gasteiger partial charge >= 0.3 is 12.2 Å². The maximum Gasteiger partial charge on any atom is 0.417 e. The highest BCUT2D eigenvalue weighted by atomic mass is 35.5. The fourth-order valence-corrected chi connectivity index (χ4v) is 6.26. The molecule has 2 N–H and O–H groups in total. The Kier molecular flexibility index (Phi) is 8.86. The summed E-state index contributed by atoms with van der Waals surface area (Å²) in [5.41, 5.74) is -0.929. The molecule has 4 rings (SSSR count). The smallest absolute Gasteiger partial charge is 0.417 e. The van der Waals surface area contributed by atoms with Crippen molar-refractivity contribution in [3.05, 3.63) is 111 Å². The largest absolute Gasteiger partial charge is 0.457 e. The van der Waals surface area contributed by atoms with Crippen molar-refractivity contribution >= 4 is 50.7 Å². The van der Waals surface area contributed by atoms with Gasteiger partial charge in [0.25, 0.3) is 5.91 Å². The molecule has 7 nitrogen and oxygen atoms in total. The number of halogens is 5. The number of rotatable bonds is 6. The van der Waals surface area contributed by atoms with E-state index < -0.39 is 39.1 Å². The molecule has 0 bridgehead atoms. The van der Waals surface area contributed by atoms with Gasteiger partial charge in [-0.3, -0.25) is 10.1 Å². The monoisotopic (exact) mass is 636 g/mol. The molecule has 0 aliphatic heterocycles. The number of carbonyl (C=O) groups is 2. The van der Waals surface area contributed by atoms with Crippen LogP contribution in [0.15, 0.2) is 88.7 Å². The second-order valence-electron chi connectivity index (χ2n) is 9.00. The Bertz CT molecular complexity index is 1780. The highest BCUT2D eigenvalue weighted by Crippen LogP contribution is 2.39. The number of benzene rings is 4. The van der Waals surface area contributed by atoms with E-state index in [9.17, 15) is 31.2 Å². The molecule has 0 aromatic heterocycles. The third-order valence-electron chi connectivity index (χ3n) is 6.04. The topological polar surface area (TPSA) is 102 Å².